The Morgan fingerprint density at radius 1 is 1.30 bits per heavy atom. The molecule has 1 aromatic rings. The van der Waals surface area contributed by atoms with Gasteiger partial charge < -0.3 is 19.3 Å². The molecule has 0 heterocycles. The fourth-order valence-corrected chi connectivity index (χ4v) is 1.73. The van der Waals surface area contributed by atoms with Gasteiger partial charge in [-0.15, -0.1) is 0 Å². The number of methoxy groups -OCH3 is 2. The van der Waals surface area contributed by atoms with Gasteiger partial charge in [-0.05, 0) is 18.6 Å². The van der Waals surface area contributed by atoms with Gasteiger partial charge in [0.05, 0.1) is 12.7 Å². The molecule has 6 nitrogen and oxygen atoms in total. The molecule has 0 aliphatic rings. The number of hydrogen-bond acceptors (Lipinski definition) is 5. The Labute approximate surface area is 117 Å². The zero-order valence-electron chi connectivity index (χ0n) is 11.7. The molecular formula is C14H18O6. The highest BCUT2D eigenvalue weighted by Gasteiger charge is 2.27. The highest BCUT2D eigenvalue weighted by Crippen LogP contribution is 2.28. The van der Waals surface area contributed by atoms with Crippen molar-refractivity contribution in [1.29, 1.82) is 0 Å². The number of Topliss-reactive ketones (excluding diaryl/α,β-unsaturated/α-hetero) is 1. The number of benzene rings is 1. The van der Waals surface area contributed by atoms with Crippen molar-refractivity contribution >= 4 is 11.8 Å². The van der Waals surface area contributed by atoms with E-state index in [9.17, 15) is 9.59 Å². The van der Waals surface area contributed by atoms with Crippen LogP contribution in [0.1, 0.15) is 23.7 Å². The van der Waals surface area contributed by atoms with Crippen LogP contribution < -0.4 is 9.47 Å². The maximum absolute atomic E-state index is 12.3. The molecule has 20 heavy (non-hydrogen) atoms. The van der Waals surface area contributed by atoms with Crippen molar-refractivity contribution in [3.63, 3.8) is 0 Å². The molecule has 6 heteroatoms. The molecule has 1 unspecified atom stereocenters. The number of ketones is 1. The average molecular weight is 282 g/mol. The molecule has 0 radical (unpaired) electrons. The van der Waals surface area contributed by atoms with Gasteiger partial charge >= 0.3 is 5.97 Å². The molecular weight excluding hydrogens is 264 g/mol. The van der Waals surface area contributed by atoms with Gasteiger partial charge in [-0.2, -0.15) is 0 Å². The standard InChI is InChI=1S/C14H18O6/c1-4-10(14(16)17)13(15)11-6-5-9(19-3)7-12(11)20-8-18-2/h5-7,10H,4,8H2,1-3H3,(H,16,17). The fraction of sp³-hybridized carbons (Fsp3) is 0.429. The number of carboxylic acids is 1. The summed E-state index contributed by atoms with van der Waals surface area (Å²) in [7, 11) is 2.94. The summed E-state index contributed by atoms with van der Waals surface area (Å²) in [6, 6.07) is 4.61. The lowest BCUT2D eigenvalue weighted by Crippen LogP contribution is -2.23. The normalized spacial score (nSPS) is 11.8. The van der Waals surface area contributed by atoms with E-state index >= 15 is 0 Å². The van der Waals surface area contributed by atoms with Crippen LogP contribution >= 0.6 is 0 Å². The van der Waals surface area contributed by atoms with Crippen molar-refractivity contribution in [2.45, 2.75) is 13.3 Å². The number of aliphatic carboxylic acids is 1. The van der Waals surface area contributed by atoms with Gasteiger partial charge in [-0.1, -0.05) is 6.92 Å². The molecule has 0 fully saturated rings. The maximum Gasteiger partial charge on any atom is 0.314 e. The average Bonchev–Trinajstić information content (AvgIpc) is 2.44. The van der Waals surface area contributed by atoms with Crippen LogP contribution in [-0.2, 0) is 9.53 Å². The monoisotopic (exact) mass is 282 g/mol. The molecule has 0 aliphatic heterocycles. The quantitative estimate of drug-likeness (QED) is 0.446. The van der Waals surface area contributed by atoms with Crippen LogP contribution in [0.25, 0.3) is 0 Å². The third-order valence-electron chi connectivity index (χ3n) is 2.81. The first-order valence-corrected chi connectivity index (χ1v) is 6.11. The molecule has 110 valence electrons. The molecule has 1 atom stereocenters. The van der Waals surface area contributed by atoms with Crippen LogP contribution in [0.15, 0.2) is 18.2 Å². The van der Waals surface area contributed by atoms with Crippen LogP contribution in [0.3, 0.4) is 0 Å². The summed E-state index contributed by atoms with van der Waals surface area (Å²) in [6.07, 6.45) is 0.212. The van der Waals surface area contributed by atoms with Crippen molar-refractivity contribution < 1.29 is 28.9 Å². The van der Waals surface area contributed by atoms with Crippen LogP contribution in [0, 0.1) is 5.92 Å². The molecule has 0 amide bonds. The predicted octanol–water partition coefficient (Wildman–Crippen LogP) is 1.97. The van der Waals surface area contributed by atoms with Crippen LogP contribution in [0.4, 0.5) is 0 Å². The molecule has 1 N–H and O–H groups in total. The Bertz CT molecular complexity index is 483. The summed E-state index contributed by atoms with van der Waals surface area (Å²) in [4.78, 5) is 23.3. The lowest BCUT2D eigenvalue weighted by Gasteiger charge is -2.14. The number of hydrogen-bond donors (Lipinski definition) is 1. The van der Waals surface area contributed by atoms with Crippen molar-refractivity contribution in [3.8, 4) is 11.5 Å². The molecule has 0 spiro atoms. The van der Waals surface area contributed by atoms with Gasteiger partial charge in [0, 0.05) is 13.2 Å². The van der Waals surface area contributed by atoms with Gasteiger partial charge in [0.25, 0.3) is 0 Å². The first kappa shape index (κ1) is 16.0. The summed E-state index contributed by atoms with van der Waals surface area (Å²) >= 11 is 0. The van der Waals surface area contributed by atoms with Gasteiger partial charge in [0.2, 0.25) is 0 Å². The Hall–Kier alpha value is -2.08. The van der Waals surface area contributed by atoms with Gasteiger partial charge in [-0.3, -0.25) is 9.59 Å². The van der Waals surface area contributed by atoms with Crippen molar-refractivity contribution in [3.05, 3.63) is 23.8 Å². The summed E-state index contributed by atoms with van der Waals surface area (Å²) in [5, 5.41) is 9.06. The smallest absolute Gasteiger partial charge is 0.314 e. The number of carbonyl (C=O) groups excluding carboxylic acids is 1. The van der Waals surface area contributed by atoms with E-state index in [-0.39, 0.29) is 24.5 Å². The Kier molecular flexibility index (Phi) is 5.99. The highest BCUT2D eigenvalue weighted by atomic mass is 16.7. The topological polar surface area (TPSA) is 82.1 Å². The van der Waals surface area contributed by atoms with Crippen LogP contribution in [-0.4, -0.2) is 37.9 Å². The van der Waals surface area contributed by atoms with E-state index in [1.165, 1.54) is 26.4 Å². The van der Waals surface area contributed by atoms with Gasteiger partial charge in [0.1, 0.15) is 17.4 Å². The Morgan fingerprint density at radius 3 is 2.50 bits per heavy atom. The summed E-state index contributed by atoms with van der Waals surface area (Å²) < 4.78 is 15.2. The van der Waals surface area contributed by atoms with Gasteiger partial charge in [0.15, 0.2) is 12.6 Å². The third kappa shape index (κ3) is 3.71. The van der Waals surface area contributed by atoms with Crippen LogP contribution in [0.5, 0.6) is 11.5 Å². The van der Waals surface area contributed by atoms with Crippen molar-refractivity contribution in [1.82, 2.24) is 0 Å². The maximum atomic E-state index is 12.3. The third-order valence-corrected chi connectivity index (χ3v) is 2.81. The Balaban J connectivity index is 3.14. The van der Waals surface area contributed by atoms with E-state index in [4.69, 9.17) is 19.3 Å². The number of carbonyl (C=O) groups is 2. The second-order valence-electron chi connectivity index (χ2n) is 4.08. The minimum atomic E-state index is -1.15. The summed E-state index contributed by atoms with van der Waals surface area (Å²) in [5.74, 6) is -1.97. The van der Waals surface area contributed by atoms with E-state index in [0.29, 0.717) is 5.75 Å². The van der Waals surface area contributed by atoms with Crippen LogP contribution in [0.2, 0.25) is 0 Å². The molecule has 0 aromatic heterocycles. The fourth-order valence-electron chi connectivity index (χ4n) is 1.73. The molecule has 0 aliphatic carbocycles. The molecule has 1 aromatic carbocycles. The number of carboxylic acid groups (broad SMARTS) is 1. The molecule has 0 bridgehead atoms. The van der Waals surface area contributed by atoms with E-state index in [2.05, 4.69) is 0 Å². The summed E-state index contributed by atoms with van der Waals surface area (Å²) in [6.45, 7) is 1.60. The Morgan fingerprint density at radius 2 is 2.00 bits per heavy atom. The highest BCUT2D eigenvalue weighted by molar-refractivity contribution is 6.09. The SMILES string of the molecule is CCC(C(=O)O)C(=O)c1ccc(OC)cc1OCOC. The lowest BCUT2D eigenvalue weighted by atomic mass is 9.94. The first-order chi connectivity index (χ1) is 9.54. The molecule has 1 rings (SSSR count). The molecule has 0 saturated carbocycles. The lowest BCUT2D eigenvalue weighted by molar-refractivity contribution is -0.140. The minimum Gasteiger partial charge on any atom is -0.497 e. The van der Waals surface area contributed by atoms with E-state index in [1.807, 2.05) is 0 Å². The number of ether oxygens (including phenoxy) is 3. The zero-order valence-corrected chi connectivity index (χ0v) is 11.7. The minimum absolute atomic E-state index is 0.0443. The zero-order chi connectivity index (χ0) is 15.1. The van der Waals surface area contributed by atoms with E-state index in [0.717, 1.165) is 0 Å². The predicted molar refractivity (Wildman–Crippen MR) is 71.2 cm³/mol. The van der Waals surface area contributed by atoms with Crippen molar-refractivity contribution in [2.24, 2.45) is 5.92 Å². The van der Waals surface area contributed by atoms with E-state index < -0.39 is 17.7 Å². The molecule has 0 saturated heterocycles. The summed E-state index contributed by atoms with van der Waals surface area (Å²) in [5.41, 5.74) is 0.206. The second-order valence-corrected chi connectivity index (χ2v) is 4.08. The number of rotatable bonds is 8. The van der Waals surface area contributed by atoms with E-state index in [1.54, 1.807) is 13.0 Å². The largest absolute Gasteiger partial charge is 0.497 e. The van der Waals surface area contributed by atoms with Crippen molar-refractivity contribution in [2.75, 3.05) is 21.0 Å². The van der Waals surface area contributed by atoms with Gasteiger partial charge in [-0.25, -0.2) is 0 Å². The second kappa shape index (κ2) is 7.49. The first-order valence-electron chi connectivity index (χ1n) is 6.11.